The maximum atomic E-state index is 11.5. The highest BCUT2D eigenvalue weighted by Gasteiger charge is 2.35. The molecule has 0 fully saturated rings. The molecule has 1 heterocycles. The van der Waals surface area contributed by atoms with Gasteiger partial charge in [0.15, 0.2) is 11.5 Å². The number of rotatable bonds is 5. The van der Waals surface area contributed by atoms with E-state index in [9.17, 15) is 9.90 Å². The standard InChI is InChI=1S/C14H18O4/c1-3-14(4-2,13(15)16)8-10-5-6-11-12(7-10)18-9-17-11/h5-7H,3-4,8-9H2,1-2H3,(H,15,16). The van der Waals surface area contributed by atoms with Crippen LogP contribution in [0.15, 0.2) is 18.2 Å². The summed E-state index contributed by atoms with van der Waals surface area (Å²) in [6.07, 6.45) is 1.76. The number of hydrogen-bond donors (Lipinski definition) is 1. The molecule has 1 aliphatic heterocycles. The Morgan fingerprint density at radius 1 is 1.28 bits per heavy atom. The topological polar surface area (TPSA) is 55.8 Å². The van der Waals surface area contributed by atoms with Crippen LogP contribution in [0.5, 0.6) is 11.5 Å². The predicted octanol–water partition coefficient (Wildman–Crippen LogP) is 2.85. The van der Waals surface area contributed by atoms with Gasteiger partial charge >= 0.3 is 5.97 Å². The molecule has 0 aromatic heterocycles. The predicted molar refractivity (Wildman–Crippen MR) is 66.9 cm³/mol. The van der Waals surface area contributed by atoms with E-state index in [4.69, 9.17) is 9.47 Å². The van der Waals surface area contributed by atoms with Gasteiger partial charge in [0, 0.05) is 0 Å². The Morgan fingerprint density at radius 3 is 2.56 bits per heavy atom. The molecule has 0 saturated carbocycles. The number of fused-ring (bicyclic) bond motifs is 1. The van der Waals surface area contributed by atoms with E-state index in [1.807, 2.05) is 32.0 Å². The quantitative estimate of drug-likeness (QED) is 0.873. The molecule has 1 aromatic rings. The molecule has 1 aromatic carbocycles. The third-order valence-electron chi connectivity index (χ3n) is 3.79. The van der Waals surface area contributed by atoms with Crippen LogP contribution in [0.2, 0.25) is 0 Å². The van der Waals surface area contributed by atoms with Gasteiger partial charge in [0.2, 0.25) is 6.79 Å². The summed E-state index contributed by atoms with van der Waals surface area (Å²) < 4.78 is 10.6. The Morgan fingerprint density at radius 2 is 1.94 bits per heavy atom. The Bertz CT molecular complexity index is 449. The smallest absolute Gasteiger partial charge is 0.309 e. The van der Waals surface area contributed by atoms with Crippen molar-refractivity contribution < 1.29 is 19.4 Å². The summed E-state index contributed by atoms with van der Waals surface area (Å²) in [5, 5.41) is 9.42. The maximum absolute atomic E-state index is 11.5. The van der Waals surface area contributed by atoms with E-state index in [-0.39, 0.29) is 6.79 Å². The first kappa shape index (κ1) is 12.7. The molecule has 98 valence electrons. The van der Waals surface area contributed by atoms with Crippen molar-refractivity contribution in [2.24, 2.45) is 5.41 Å². The number of hydrogen-bond acceptors (Lipinski definition) is 3. The van der Waals surface area contributed by atoms with Gasteiger partial charge in [-0.25, -0.2) is 0 Å². The van der Waals surface area contributed by atoms with Gasteiger partial charge in [-0.15, -0.1) is 0 Å². The van der Waals surface area contributed by atoms with E-state index in [0.29, 0.717) is 25.0 Å². The highest BCUT2D eigenvalue weighted by atomic mass is 16.7. The van der Waals surface area contributed by atoms with E-state index < -0.39 is 11.4 Å². The SMILES string of the molecule is CCC(CC)(Cc1ccc2c(c1)OCO2)C(=O)O. The van der Waals surface area contributed by atoms with E-state index in [1.165, 1.54) is 0 Å². The van der Waals surface area contributed by atoms with Crippen LogP contribution >= 0.6 is 0 Å². The lowest BCUT2D eigenvalue weighted by Crippen LogP contribution is -2.32. The lowest BCUT2D eigenvalue weighted by molar-refractivity contribution is -0.149. The summed E-state index contributed by atoms with van der Waals surface area (Å²) in [7, 11) is 0. The molecule has 4 heteroatoms. The van der Waals surface area contributed by atoms with Gasteiger partial charge in [0.05, 0.1) is 5.41 Å². The van der Waals surface area contributed by atoms with Gasteiger partial charge < -0.3 is 14.6 Å². The second kappa shape index (κ2) is 4.88. The number of benzene rings is 1. The van der Waals surface area contributed by atoms with Crippen molar-refractivity contribution in [2.75, 3.05) is 6.79 Å². The van der Waals surface area contributed by atoms with Crippen LogP contribution in [0.3, 0.4) is 0 Å². The zero-order valence-electron chi connectivity index (χ0n) is 10.7. The first-order valence-corrected chi connectivity index (χ1v) is 6.23. The van der Waals surface area contributed by atoms with E-state index >= 15 is 0 Å². The third kappa shape index (κ3) is 2.15. The van der Waals surface area contributed by atoms with Crippen molar-refractivity contribution in [3.05, 3.63) is 23.8 Å². The zero-order chi connectivity index (χ0) is 13.2. The Kier molecular flexibility index (Phi) is 3.45. The summed E-state index contributed by atoms with van der Waals surface area (Å²) in [5.74, 6) is 0.705. The summed E-state index contributed by atoms with van der Waals surface area (Å²) in [6.45, 7) is 4.08. The maximum Gasteiger partial charge on any atom is 0.309 e. The minimum atomic E-state index is -0.731. The average Bonchev–Trinajstić information content (AvgIpc) is 2.83. The van der Waals surface area contributed by atoms with Gasteiger partial charge in [-0.1, -0.05) is 19.9 Å². The molecule has 0 atom stereocenters. The molecular weight excluding hydrogens is 232 g/mol. The molecule has 0 bridgehead atoms. The minimum absolute atomic E-state index is 0.240. The summed E-state index contributed by atoms with van der Waals surface area (Å²) in [4.78, 5) is 11.5. The first-order valence-electron chi connectivity index (χ1n) is 6.23. The molecular formula is C14H18O4. The van der Waals surface area contributed by atoms with Crippen LogP contribution in [0.4, 0.5) is 0 Å². The zero-order valence-corrected chi connectivity index (χ0v) is 10.7. The number of carboxylic acids is 1. The van der Waals surface area contributed by atoms with E-state index in [1.54, 1.807) is 0 Å². The van der Waals surface area contributed by atoms with Crippen molar-refractivity contribution >= 4 is 5.97 Å². The molecule has 0 aliphatic carbocycles. The van der Waals surface area contributed by atoms with Gasteiger partial charge in [-0.3, -0.25) is 4.79 Å². The van der Waals surface area contributed by atoms with Crippen molar-refractivity contribution in [1.29, 1.82) is 0 Å². The number of ether oxygens (including phenoxy) is 2. The van der Waals surface area contributed by atoms with Crippen LogP contribution in [-0.4, -0.2) is 17.9 Å². The molecule has 0 unspecified atom stereocenters. The van der Waals surface area contributed by atoms with Crippen molar-refractivity contribution in [3.8, 4) is 11.5 Å². The molecule has 0 amide bonds. The van der Waals surface area contributed by atoms with Crippen molar-refractivity contribution in [2.45, 2.75) is 33.1 Å². The molecule has 0 spiro atoms. The number of carbonyl (C=O) groups is 1. The van der Waals surface area contributed by atoms with Gasteiger partial charge in [-0.05, 0) is 37.0 Å². The summed E-state index contributed by atoms with van der Waals surface area (Å²) in [6, 6.07) is 5.64. The summed E-state index contributed by atoms with van der Waals surface area (Å²) >= 11 is 0. The monoisotopic (exact) mass is 250 g/mol. The van der Waals surface area contributed by atoms with Gasteiger partial charge in [-0.2, -0.15) is 0 Å². The van der Waals surface area contributed by atoms with E-state index in [0.717, 1.165) is 11.3 Å². The second-order valence-electron chi connectivity index (χ2n) is 4.66. The van der Waals surface area contributed by atoms with Crippen LogP contribution in [-0.2, 0) is 11.2 Å². The lowest BCUT2D eigenvalue weighted by Gasteiger charge is -2.26. The fourth-order valence-corrected chi connectivity index (χ4v) is 2.32. The van der Waals surface area contributed by atoms with E-state index in [2.05, 4.69) is 0 Å². The van der Waals surface area contributed by atoms with Crippen LogP contribution in [0.1, 0.15) is 32.3 Å². The fraction of sp³-hybridized carbons (Fsp3) is 0.500. The lowest BCUT2D eigenvalue weighted by atomic mass is 9.77. The number of aliphatic carboxylic acids is 1. The molecule has 0 radical (unpaired) electrons. The Balaban J connectivity index is 2.24. The van der Waals surface area contributed by atoms with Crippen LogP contribution in [0.25, 0.3) is 0 Å². The summed E-state index contributed by atoms with van der Waals surface area (Å²) in [5.41, 5.74) is 0.290. The van der Waals surface area contributed by atoms with Crippen molar-refractivity contribution in [3.63, 3.8) is 0 Å². The Labute approximate surface area is 107 Å². The molecule has 18 heavy (non-hydrogen) atoms. The van der Waals surface area contributed by atoms with Gasteiger partial charge in [0.25, 0.3) is 0 Å². The first-order chi connectivity index (χ1) is 8.61. The molecule has 1 aliphatic rings. The normalized spacial score (nSPS) is 13.7. The average molecular weight is 250 g/mol. The molecule has 0 saturated heterocycles. The molecule has 4 nitrogen and oxygen atoms in total. The molecule has 1 N–H and O–H groups in total. The van der Waals surface area contributed by atoms with Crippen LogP contribution < -0.4 is 9.47 Å². The van der Waals surface area contributed by atoms with Crippen molar-refractivity contribution in [1.82, 2.24) is 0 Å². The highest BCUT2D eigenvalue weighted by Crippen LogP contribution is 2.36. The fourth-order valence-electron chi connectivity index (χ4n) is 2.32. The number of carboxylic acid groups (broad SMARTS) is 1. The second-order valence-corrected chi connectivity index (χ2v) is 4.66. The highest BCUT2D eigenvalue weighted by molar-refractivity contribution is 5.75. The molecule has 2 rings (SSSR count). The minimum Gasteiger partial charge on any atom is -0.481 e. The Hall–Kier alpha value is -1.71. The van der Waals surface area contributed by atoms with Crippen LogP contribution in [0, 0.1) is 5.41 Å². The largest absolute Gasteiger partial charge is 0.481 e. The third-order valence-corrected chi connectivity index (χ3v) is 3.79. The van der Waals surface area contributed by atoms with Gasteiger partial charge in [0.1, 0.15) is 0 Å².